The number of quaternary nitrogens is 1. The summed E-state index contributed by atoms with van der Waals surface area (Å²) >= 11 is 0. The molecule has 0 spiro atoms. The van der Waals surface area contributed by atoms with E-state index in [1.54, 1.807) is 0 Å². The Labute approximate surface area is 126 Å². The summed E-state index contributed by atoms with van der Waals surface area (Å²) in [6, 6.07) is 0. The number of nitrogens with zero attached hydrogens (tertiary/aromatic N) is 1. The van der Waals surface area contributed by atoms with E-state index in [4.69, 9.17) is 5.11 Å². The summed E-state index contributed by atoms with van der Waals surface area (Å²) in [4.78, 5) is 0. The van der Waals surface area contributed by atoms with Crippen LogP contribution in [-0.2, 0) is 0 Å². The van der Waals surface area contributed by atoms with Gasteiger partial charge in [0.15, 0.2) is 0 Å². The second-order valence-corrected chi connectivity index (χ2v) is 5.59. The van der Waals surface area contributed by atoms with Crippen LogP contribution in [0.15, 0.2) is 0 Å². The molecule has 4 heteroatoms. The van der Waals surface area contributed by atoms with E-state index in [1.165, 1.54) is 38.5 Å². The van der Waals surface area contributed by atoms with Crippen molar-refractivity contribution in [2.75, 3.05) is 32.8 Å². The fourth-order valence-electron chi connectivity index (χ4n) is 2.59. The van der Waals surface area contributed by atoms with E-state index in [-0.39, 0.29) is 19.0 Å². The van der Waals surface area contributed by atoms with E-state index in [0.29, 0.717) is 0 Å². The third-order valence-corrected chi connectivity index (χ3v) is 3.77. The second-order valence-electron chi connectivity index (χ2n) is 5.59. The lowest BCUT2D eigenvalue weighted by atomic mass is 10.1. The fraction of sp³-hybridized carbons (Fsp3) is 1.00. The van der Waals surface area contributed by atoms with Gasteiger partial charge >= 0.3 is 0 Å². The van der Waals surface area contributed by atoms with E-state index in [1.807, 2.05) is 0 Å². The van der Waals surface area contributed by atoms with Gasteiger partial charge in [-0.25, -0.2) is 0 Å². The van der Waals surface area contributed by atoms with E-state index >= 15 is 0 Å². The molecule has 0 bridgehead atoms. The summed E-state index contributed by atoms with van der Waals surface area (Å²) in [6.45, 7) is 10.7. The van der Waals surface area contributed by atoms with Crippen molar-refractivity contribution in [1.29, 1.82) is 0 Å². The smallest absolute Gasteiger partial charge is 0.126 e. The van der Waals surface area contributed by atoms with Gasteiger partial charge < -0.3 is 27.1 Å². The van der Waals surface area contributed by atoms with E-state index in [0.717, 1.165) is 30.7 Å². The van der Waals surface area contributed by atoms with Gasteiger partial charge in [-0.15, -0.1) is 0 Å². The summed E-state index contributed by atoms with van der Waals surface area (Å²) in [5.41, 5.74) is 0. The Morgan fingerprint density at radius 1 is 0.842 bits per heavy atom. The van der Waals surface area contributed by atoms with Crippen LogP contribution in [0.1, 0.15) is 59.3 Å². The molecule has 0 fully saturated rings. The highest BCUT2D eigenvalue weighted by molar-refractivity contribution is 4.56. The summed E-state index contributed by atoms with van der Waals surface area (Å²) in [6.07, 6.45) is 6.69. The third-order valence-electron chi connectivity index (χ3n) is 3.77. The number of hydrogen-bond donors (Lipinski definition) is 2. The summed E-state index contributed by atoms with van der Waals surface area (Å²) in [5.74, 6) is 0. The Balaban J connectivity index is 0. The van der Waals surface area contributed by atoms with Crippen molar-refractivity contribution in [3.63, 3.8) is 0 Å². The molecule has 1 atom stereocenters. The molecule has 0 aromatic heterocycles. The molecule has 0 rings (SSSR count). The van der Waals surface area contributed by atoms with E-state index in [9.17, 15) is 5.11 Å². The minimum Gasteiger partial charge on any atom is -1.00 e. The highest BCUT2D eigenvalue weighted by Gasteiger charge is 2.28. The maximum atomic E-state index is 9.83. The molecular weight excluding hydrogens is 262 g/mol. The topological polar surface area (TPSA) is 40.5 Å². The van der Waals surface area contributed by atoms with Gasteiger partial charge in [-0.05, 0) is 19.3 Å². The molecule has 0 aliphatic rings. The lowest BCUT2D eigenvalue weighted by molar-refractivity contribution is -0.931. The Morgan fingerprint density at radius 2 is 1.21 bits per heavy atom. The van der Waals surface area contributed by atoms with Crippen molar-refractivity contribution in [1.82, 2.24) is 0 Å². The maximum absolute atomic E-state index is 9.83. The maximum Gasteiger partial charge on any atom is 0.126 e. The first-order chi connectivity index (χ1) is 8.64. The van der Waals surface area contributed by atoms with Gasteiger partial charge in [0.2, 0.25) is 0 Å². The zero-order valence-electron chi connectivity index (χ0n) is 13.1. The molecule has 19 heavy (non-hydrogen) atoms. The molecule has 3 nitrogen and oxygen atoms in total. The highest BCUT2D eigenvalue weighted by atomic mass is 35.5. The first-order valence-electron chi connectivity index (χ1n) is 7.78. The Bertz CT molecular complexity index is 169. The minimum atomic E-state index is -0.560. The van der Waals surface area contributed by atoms with Crippen LogP contribution < -0.4 is 12.4 Å². The standard InChI is InChI=1S/C15H34NO2.ClH/c1-4-7-10-16(11-8-5-2,12-9-6-3)13-15(18)14-17;/h15,17-18H,4-14H2,1-3H3;1H/q+1;/p-1. The number of unbranched alkanes of at least 4 members (excludes halogenated alkanes) is 3. The first-order valence-corrected chi connectivity index (χ1v) is 7.78. The Morgan fingerprint density at radius 3 is 1.47 bits per heavy atom. The molecule has 0 saturated carbocycles. The summed E-state index contributed by atoms with van der Waals surface area (Å²) < 4.78 is 0.997. The van der Waals surface area contributed by atoms with Gasteiger partial charge in [-0.1, -0.05) is 40.0 Å². The lowest BCUT2D eigenvalue weighted by Gasteiger charge is -2.40. The molecule has 118 valence electrons. The monoisotopic (exact) mass is 295 g/mol. The number of rotatable bonds is 12. The minimum absolute atomic E-state index is 0. The van der Waals surface area contributed by atoms with Gasteiger partial charge in [0, 0.05) is 0 Å². The quantitative estimate of drug-likeness (QED) is 0.479. The molecule has 0 aromatic rings. The SMILES string of the molecule is CCCC[N+](CCCC)(CCCC)CC(O)CO.[Cl-]. The number of halogens is 1. The second kappa shape index (κ2) is 13.2. The van der Waals surface area contributed by atoms with Crippen molar-refractivity contribution in [2.24, 2.45) is 0 Å². The van der Waals surface area contributed by atoms with Crippen LogP contribution in [0.25, 0.3) is 0 Å². The van der Waals surface area contributed by atoms with Crippen LogP contribution in [0.3, 0.4) is 0 Å². The van der Waals surface area contributed by atoms with Crippen LogP contribution in [-0.4, -0.2) is 53.6 Å². The zero-order valence-corrected chi connectivity index (χ0v) is 13.8. The van der Waals surface area contributed by atoms with Crippen molar-refractivity contribution in [2.45, 2.75) is 65.4 Å². The van der Waals surface area contributed by atoms with Crippen LogP contribution in [0.4, 0.5) is 0 Å². The lowest BCUT2D eigenvalue weighted by Crippen LogP contribution is -3.00. The van der Waals surface area contributed by atoms with Gasteiger partial charge in [-0.3, -0.25) is 0 Å². The van der Waals surface area contributed by atoms with Crippen molar-refractivity contribution in [3.05, 3.63) is 0 Å². The number of hydrogen-bond acceptors (Lipinski definition) is 2. The predicted molar refractivity (Wildman–Crippen MR) is 77.5 cm³/mol. The number of aliphatic hydroxyl groups excluding tert-OH is 2. The Hall–Kier alpha value is 0.170. The molecule has 0 aliphatic carbocycles. The molecule has 0 amide bonds. The average Bonchev–Trinajstić information content (AvgIpc) is 2.40. The molecule has 1 unspecified atom stereocenters. The average molecular weight is 296 g/mol. The van der Waals surface area contributed by atoms with Crippen LogP contribution in [0.2, 0.25) is 0 Å². The van der Waals surface area contributed by atoms with Crippen molar-refractivity contribution in [3.8, 4) is 0 Å². The molecule has 0 aliphatic heterocycles. The van der Waals surface area contributed by atoms with Crippen molar-refractivity contribution < 1.29 is 27.1 Å². The molecule has 0 aromatic carbocycles. The van der Waals surface area contributed by atoms with E-state index < -0.39 is 6.10 Å². The van der Waals surface area contributed by atoms with Crippen molar-refractivity contribution >= 4 is 0 Å². The van der Waals surface area contributed by atoms with Crippen LogP contribution in [0, 0.1) is 0 Å². The van der Waals surface area contributed by atoms with Gasteiger partial charge in [0.1, 0.15) is 12.6 Å². The summed E-state index contributed by atoms with van der Waals surface area (Å²) in [7, 11) is 0. The molecule has 0 radical (unpaired) electrons. The third kappa shape index (κ3) is 9.67. The summed E-state index contributed by atoms with van der Waals surface area (Å²) in [5, 5.41) is 18.9. The van der Waals surface area contributed by atoms with E-state index in [2.05, 4.69) is 20.8 Å². The molecule has 0 saturated heterocycles. The van der Waals surface area contributed by atoms with Crippen LogP contribution in [0.5, 0.6) is 0 Å². The largest absolute Gasteiger partial charge is 1.00 e. The molecule has 2 N–H and O–H groups in total. The number of aliphatic hydroxyl groups is 2. The normalized spacial score (nSPS) is 13.1. The van der Waals surface area contributed by atoms with Gasteiger partial charge in [-0.2, -0.15) is 0 Å². The molecule has 0 heterocycles. The van der Waals surface area contributed by atoms with Gasteiger partial charge in [0.05, 0.1) is 26.2 Å². The van der Waals surface area contributed by atoms with Crippen LogP contribution >= 0.6 is 0 Å². The molecular formula is C15H34ClNO2. The van der Waals surface area contributed by atoms with Gasteiger partial charge in [0.25, 0.3) is 0 Å². The fourth-order valence-corrected chi connectivity index (χ4v) is 2.59. The highest BCUT2D eigenvalue weighted by Crippen LogP contribution is 2.16. The first kappa shape index (κ1) is 21.5. The zero-order chi connectivity index (χ0) is 13.9. The Kier molecular flexibility index (Phi) is 14.9. The predicted octanol–water partition coefficient (Wildman–Crippen LogP) is -0.439.